The van der Waals surface area contributed by atoms with Gasteiger partial charge in [-0.3, -0.25) is 0 Å². The lowest BCUT2D eigenvalue weighted by Gasteiger charge is -2.73. The van der Waals surface area contributed by atoms with Gasteiger partial charge in [0.05, 0.1) is 6.10 Å². The van der Waals surface area contributed by atoms with Crippen LogP contribution in [-0.4, -0.2) is 22.9 Å². The summed E-state index contributed by atoms with van der Waals surface area (Å²) < 4.78 is 0. The third-order valence-corrected chi connectivity index (χ3v) is 13.8. The normalized spacial score (nSPS) is 56.8. The van der Waals surface area contributed by atoms with Gasteiger partial charge in [0.2, 0.25) is 0 Å². The van der Waals surface area contributed by atoms with Gasteiger partial charge in [-0.2, -0.15) is 0 Å². The van der Waals surface area contributed by atoms with Gasteiger partial charge < -0.3 is 10.2 Å². The van der Waals surface area contributed by atoms with Crippen LogP contribution in [0.5, 0.6) is 0 Å². The van der Waals surface area contributed by atoms with Gasteiger partial charge in [-0.05, 0) is 127 Å². The van der Waals surface area contributed by atoms with Gasteiger partial charge in [0.15, 0.2) is 0 Å². The van der Waals surface area contributed by atoms with Crippen LogP contribution in [0.2, 0.25) is 0 Å². The van der Waals surface area contributed by atoms with Gasteiger partial charge >= 0.3 is 0 Å². The van der Waals surface area contributed by atoms with E-state index in [0.29, 0.717) is 28.8 Å². The van der Waals surface area contributed by atoms with Crippen LogP contribution >= 0.6 is 0 Å². The predicted molar refractivity (Wildman–Crippen MR) is 132 cm³/mol. The molecular weight excluding hydrogens is 392 g/mol. The molecule has 0 aromatic carbocycles. The molecule has 184 valence electrons. The number of rotatable bonds is 2. The Kier molecular flexibility index (Phi) is 5.34. The molecule has 0 bridgehead atoms. The second-order valence-corrected chi connectivity index (χ2v) is 15.0. The Bertz CT molecular complexity index is 743. The molecule has 5 saturated carbocycles. The van der Waals surface area contributed by atoms with Crippen molar-refractivity contribution in [3.05, 3.63) is 0 Å². The predicted octanol–water partition coefficient (Wildman–Crippen LogP) is 7.08. The lowest BCUT2D eigenvalue weighted by molar-refractivity contribution is -0.251. The van der Waals surface area contributed by atoms with E-state index in [1.54, 1.807) is 0 Å². The summed E-state index contributed by atoms with van der Waals surface area (Å²) in [4.78, 5) is 0. The zero-order chi connectivity index (χ0) is 23.3. The van der Waals surface area contributed by atoms with Crippen molar-refractivity contribution >= 4 is 0 Å². The largest absolute Gasteiger partial charge is 0.396 e. The molecule has 32 heavy (non-hydrogen) atoms. The molecule has 0 heterocycles. The number of fused-ring (bicyclic) bond motifs is 7. The SMILES string of the molecule is CC(C)[C@@H]1CCC2(CO)CC[C@]3(C)C(CCC4C3(C)CCC3C(C)(C)C(O)CC[C@@]34C)C12. The van der Waals surface area contributed by atoms with E-state index in [1.807, 2.05) is 0 Å². The van der Waals surface area contributed by atoms with Crippen molar-refractivity contribution in [2.75, 3.05) is 6.61 Å². The van der Waals surface area contributed by atoms with Crippen molar-refractivity contribution in [1.29, 1.82) is 0 Å². The van der Waals surface area contributed by atoms with E-state index in [-0.39, 0.29) is 16.9 Å². The quantitative estimate of drug-likeness (QED) is 0.478. The summed E-state index contributed by atoms with van der Waals surface area (Å²) in [5.74, 6) is 4.45. The second kappa shape index (κ2) is 7.22. The molecule has 2 nitrogen and oxygen atoms in total. The average molecular weight is 445 g/mol. The van der Waals surface area contributed by atoms with Crippen LogP contribution in [0.3, 0.4) is 0 Å². The lowest BCUT2D eigenvalue weighted by atomic mass is 9.32. The molecule has 5 fully saturated rings. The highest BCUT2D eigenvalue weighted by Gasteiger charge is 2.70. The monoisotopic (exact) mass is 444 g/mol. The maximum atomic E-state index is 10.9. The fraction of sp³-hybridized carbons (Fsp3) is 1.00. The van der Waals surface area contributed by atoms with Crippen molar-refractivity contribution in [1.82, 2.24) is 0 Å². The number of aliphatic hydroxyl groups excluding tert-OH is 2. The Hall–Kier alpha value is -0.0800. The van der Waals surface area contributed by atoms with Crippen molar-refractivity contribution < 1.29 is 10.2 Å². The molecule has 0 aromatic rings. The number of hydrogen-bond acceptors (Lipinski definition) is 2. The second-order valence-electron chi connectivity index (χ2n) is 15.0. The molecule has 0 aromatic heterocycles. The third kappa shape index (κ3) is 2.72. The number of aliphatic hydroxyl groups is 2. The molecular formula is C30H52O2. The van der Waals surface area contributed by atoms with Gasteiger partial charge in [0.1, 0.15) is 0 Å². The van der Waals surface area contributed by atoms with E-state index < -0.39 is 0 Å². The summed E-state index contributed by atoms with van der Waals surface area (Å²) in [6.45, 7) is 18.1. The molecule has 2 N–H and O–H groups in total. The van der Waals surface area contributed by atoms with Crippen molar-refractivity contribution in [3.8, 4) is 0 Å². The summed E-state index contributed by atoms with van der Waals surface area (Å²) in [5, 5.41) is 21.6. The van der Waals surface area contributed by atoms with E-state index in [1.165, 1.54) is 57.8 Å². The smallest absolute Gasteiger partial charge is 0.0594 e. The molecule has 0 spiro atoms. The molecule has 0 amide bonds. The van der Waals surface area contributed by atoms with Gasteiger partial charge in [0, 0.05) is 6.61 Å². The Labute approximate surface area is 198 Å². The van der Waals surface area contributed by atoms with Gasteiger partial charge in [-0.25, -0.2) is 0 Å². The summed E-state index contributed by atoms with van der Waals surface area (Å²) in [6, 6.07) is 0. The van der Waals surface area contributed by atoms with Crippen LogP contribution in [0, 0.1) is 62.6 Å². The Morgan fingerprint density at radius 1 is 0.750 bits per heavy atom. The highest BCUT2D eigenvalue weighted by atomic mass is 16.3. The highest BCUT2D eigenvalue weighted by Crippen LogP contribution is 2.77. The third-order valence-electron chi connectivity index (χ3n) is 13.8. The maximum Gasteiger partial charge on any atom is 0.0594 e. The minimum absolute atomic E-state index is 0.0406. The molecule has 5 aliphatic carbocycles. The zero-order valence-corrected chi connectivity index (χ0v) is 22.2. The van der Waals surface area contributed by atoms with E-state index in [9.17, 15) is 10.2 Å². The fourth-order valence-electron chi connectivity index (χ4n) is 11.8. The fourth-order valence-corrected chi connectivity index (χ4v) is 11.8. The van der Waals surface area contributed by atoms with Crippen LogP contribution in [0.1, 0.15) is 113 Å². The first-order valence-electron chi connectivity index (χ1n) is 14.2. The standard InChI is InChI=1S/C30H52O2/c1-19(2)20-10-15-30(18-31)17-16-28(6)21(25(20)30)8-9-23-27(5)13-12-24(32)26(3,4)22(27)11-14-29(23,28)7/h19-25,31-32H,8-18H2,1-7H3/t20-,21?,22?,23?,24?,25?,27-,28+,29?,30?/m0/s1. The van der Waals surface area contributed by atoms with Crippen LogP contribution in [0.15, 0.2) is 0 Å². The van der Waals surface area contributed by atoms with Crippen molar-refractivity contribution in [3.63, 3.8) is 0 Å². The lowest BCUT2D eigenvalue weighted by Crippen LogP contribution is -2.66. The van der Waals surface area contributed by atoms with E-state index in [2.05, 4.69) is 48.5 Å². The maximum absolute atomic E-state index is 10.9. The number of hydrogen-bond donors (Lipinski definition) is 2. The molecule has 2 heteroatoms. The molecule has 5 rings (SSSR count). The molecule has 0 aliphatic heterocycles. The van der Waals surface area contributed by atoms with Gasteiger partial charge in [-0.1, -0.05) is 48.5 Å². The summed E-state index contributed by atoms with van der Waals surface area (Å²) in [7, 11) is 0. The first-order chi connectivity index (χ1) is 14.9. The first-order valence-corrected chi connectivity index (χ1v) is 14.2. The Morgan fingerprint density at radius 2 is 1.47 bits per heavy atom. The van der Waals surface area contributed by atoms with Crippen LogP contribution in [0.4, 0.5) is 0 Å². The topological polar surface area (TPSA) is 40.5 Å². The molecule has 7 unspecified atom stereocenters. The van der Waals surface area contributed by atoms with Crippen LogP contribution < -0.4 is 0 Å². The van der Waals surface area contributed by atoms with Gasteiger partial charge in [-0.15, -0.1) is 0 Å². The molecule has 10 atom stereocenters. The van der Waals surface area contributed by atoms with Gasteiger partial charge in [0.25, 0.3) is 0 Å². The average Bonchev–Trinajstić information content (AvgIpc) is 3.12. The first kappa shape index (κ1) is 23.7. The Morgan fingerprint density at radius 3 is 2.12 bits per heavy atom. The summed E-state index contributed by atoms with van der Waals surface area (Å²) in [5.41, 5.74) is 1.40. The van der Waals surface area contributed by atoms with Crippen molar-refractivity contribution in [2.24, 2.45) is 62.6 Å². The zero-order valence-electron chi connectivity index (χ0n) is 22.2. The van der Waals surface area contributed by atoms with Crippen LogP contribution in [-0.2, 0) is 0 Å². The van der Waals surface area contributed by atoms with E-state index in [0.717, 1.165) is 36.0 Å². The van der Waals surface area contributed by atoms with Crippen molar-refractivity contribution in [2.45, 2.75) is 119 Å². The summed E-state index contributed by atoms with van der Waals surface area (Å²) in [6.07, 6.45) is 12.6. The molecule has 0 saturated heterocycles. The minimum Gasteiger partial charge on any atom is -0.396 e. The molecule has 0 radical (unpaired) electrons. The van der Waals surface area contributed by atoms with E-state index in [4.69, 9.17) is 0 Å². The molecule has 5 aliphatic rings. The Balaban J connectivity index is 1.54. The summed E-state index contributed by atoms with van der Waals surface area (Å²) >= 11 is 0. The van der Waals surface area contributed by atoms with Crippen LogP contribution in [0.25, 0.3) is 0 Å². The van der Waals surface area contributed by atoms with E-state index >= 15 is 0 Å². The minimum atomic E-state index is -0.137. The highest BCUT2D eigenvalue weighted by molar-refractivity contribution is 5.19.